The van der Waals surface area contributed by atoms with E-state index in [1.165, 1.54) is 12.1 Å². The summed E-state index contributed by atoms with van der Waals surface area (Å²) >= 11 is 5.77. The van der Waals surface area contributed by atoms with Gasteiger partial charge in [0.2, 0.25) is 5.89 Å². The van der Waals surface area contributed by atoms with Crippen molar-refractivity contribution in [2.45, 2.75) is 6.92 Å². The Labute approximate surface area is 179 Å². The summed E-state index contributed by atoms with van der Waals surface area (Å²) < 4.78 is 56.9. The monoisotopic (exact) mass is 431 g/mol. The fourth-order valence-electron chi connectivity index (χ4n) is 2.87. The highest BCUT2D eigenvalue weighted by molar-refractivity contribution is 6.30. The van der Waals surface area contributed by atoms with Crippen molar-refractivity contribution in [3.8, 4) is 28.6 Å². The molecule has 30 heavy (non-hydrogen) atoms. The third kappa shape index (κ3) is 3.57. The van der Waals surface area contributed by atoms with Crippen LogP contribution in [0, 0.1) is 18.6 Å². The molecule has 4 aromatic rings. The molecule has 0 fully saturated rings. The summed E-state index contributed by atoms with van der Waals surface area (Å²) in [6, 6.07) is 11.0. The Morgan fingerprint density at radius 2 is 1.97 bits per heavy atom. The second-order valence-corrected chi connectivity index (χ2v) is 6.79. The van der Waals surface area contributed by atoms with Gasteiger partial charge in [-0.05, 0) is 37.3 Å². The van der Waals surface area contributed by atoms with Gasteiger partial charge in [-0.2, -0.15) is 9.97 Å². The summed E-state index contributed by atoms with van der Waals surface area (Å²) in [5, 5.41) is 1.74. The molecule has 0 aliphatic carbocycles. The Morgan fingerprint density at radius 3 is 2.70 bits per heavy atom. The zero-order valence-corrected chi connectivity index (χ0v) is 16.2. The van der Waals surface area contributed by atoms with Crippen molar-refractivity contribution in [2.24, 2.45) is 0 Å². The fourth-order valence-corrected chi connectivity index (χ4v) is 2.99. The van der Waals surface area contributed by atoms with Crippen LogP contribution >= 0.6 is 11.6 Å². The van der Waals surface area contributed by atoms with Gasteiger partial charge in [-0.1, -0.05) is 29.3 Å². The molecule has 0 unspecified atom stereocenters. The molecule has 0 atom stereocenters. The molecule has 9 heteroatoms. The molecule has 2 aromatic carbocycles. The highest BCUT2D eigenvalue weighted by Gasteiger charge is 2.21. The van der Waals surface area contributed by atoms with Crippen molar-refractivity contribution < 1.29 is 17.3 Å². The molecule has 1 N–H and O–H groups in total. The number of aromatic nitrogens is 3. The lowest BCUT2D eigenvalue weighted by atomic mass is 10.1. The summed E-state index contributed by atoms with van der Waals surface area (Å²) in [7, 11) is 0. The first-order valence-electron chi connectivity index (χ1n) is 10.1. The number of nitrogens with one attached hydrogen (secondary N) is 1. The van der Waals surface area contributed by atoms with E-state index in [0.29, 0.717) is 5.56 Å². The van der Waals surface area contributed by atoms with Crippen LogP contribution < -0.4 is 11.0 Å². The smallest absolute Gasteiger partial charge is 0.355 e. The normalized spacial score (nSPS) is 12.9. The van der Waals surface area contributed by atoms with E-state index in [9.17, 15) is 13.6 Å². The number of nitrogens with zero attached hydrogens (tertiary/aromatic N) is 3. The standard InChI is InChI=1S/C21H15ClF2N4O2/c1-11-4-3-5-13(8-11)20-27-19(28-10-16(24)18(25-2)26-21(28)29)17(30-20)12-6-7-14(22)15(23)9-12/h3-10H,1-2H3,(H,25,26,29)/i2D3. The Hall–Kier alpha value is -3.52. The summed E-state index contributed by atoms with van der Waals surface area (Å²) in [5.41, 5.74) is 0.647. The molecule has 0 aliphatic rings. The van der Waals surface area contributed by atoms with Crippen LogP contribution in [-0.2, 0) is 0 Å². The molecule has 0 radical (unpaired) electrons. The summed E-state index contributed by atoms with van der Waals surface area (Å²) in [4.78, 5) is 20.5. The zero-order valence-electron chi connectivity index (χ0n) is 18.4. The average molecular weight is 432 g/mol. The molecule has 0 saturated carbocycles. The van der Waals surface area contributed by atoms with E-state index in [0.717, 1.165) is 22.4 Å². The molecular formula is C21H15ClF2N4O2. The topological polar surface area (TPSA) is 73.0 Å². The van der Waals surface area contributed by atoms with Gasteiger partial charge in [-0.25, -0.2) is 18.1 Å². The van der Waals surface area contributed by atoms with Crippen molar-refractivity contribution in [1.29, 1.82) is 0 Å². The highest BCUT2D eigenvalue weighted by Crippen LogP contribution is 2.33. The van der Waals surface area contributed by atoms with Crippen molar-refractivity contribution in [2.75, 3.05) is 12.3 Å². The van der Waals surface area contributed by atoms with Crippen LogP contribution in [0.5, 0.6) is 0 Å². The number of hydrogen-bond acceptors (Lipinski definition) is 5. The van der Waals surface area contributed by atoms with Crippen LogP contribution in [0.2, 0.25) is 5.02 Å². The van der Waals surface area contributed by atoms with Crippen LogP contribution in [0.4, 0.5) is 14.6 Å². The molecule has 2 aromatic heterocycles. The third-order valence-electron chi connectivity index (χ3n) is 4.28. The molecular weight excluding hydrogens is 414 g/mol. The molecule has 0 aliphatic heterocycles. The first-order chi connectivity index (χ1) is 15.5. The molecule has 0 spiro atoms. The summed E-state index contributed by atoms with van der Waals surface area (Å²) in [6.45, 7) is -0.895. The van der Waals surface area contributed by atoms with Gasteiger partial charge in [0.1, 0.15) is 5.82 Å². The van der Waals surface area contributed by atoms with Gasteiger partial charge >= 0.3 is 5.69 Å². The summed E-state index contributed by atoms with van der Waals surface area (Å²) in [6.07, 6.45) is 0.733. The minimum absolute atomic E-state index is 0.0399. The maximum atomic E-state index is 14.6. The van der Waals surface area contributed by atoms with Crippen LogP contribution in [0.1, 0.15) is 9.68 Å². The van der Waals surface area contributed by atoms with Crippen LogP contribution in [-0.4, -0.2) is 21.5 Å². The minimum atomic E-state index is -2.76. The maximum absolute atomic E-state index is 14.6. The Balaban J connectivity index is 1.92. The predicted octanol–water partition coefficient (Wildman–Crippen LogP) is 4.84. The average Bonchev–Trinajstić information content (AvgIpc) is 3.17. The number of benzene rings is 2. The van der Waals surface area contributed by atoms with Gasteiger partial charge < -0.3 is 9.73 Å². The largest absolute Gasteiger partial charge is 0.434 e. The SMILES string of the molecule is [2H]C([2H])([2H])Nc1nc(=O)n(-c2nc(-c3cccc(C)c3)oc2-c2ccc(Cl)c(F)c2)cc1F. The molecule has 0 saturated heterocycles. The van der Waals surface area contributed by atoms with Crippen molar-refractivity contribution >= 4 is 17.4 Å². The van der Waals surface area contributed by atoms with E-state index < -0.39 is 30.1 Å². The lowest BCUT2D eigenvalue weighted by Gasteiger charge is -2.07. The number of anilines is 1. The number of aryl methyl sites for hydroxylation is 1. The van der Waals surface area contributed by atoms with Gasteiger partial charge in [-0.3, -0.25) is 0 Å². The van der Waals surface area contributed by atoms with Crippen LogP contribution in [0.25, 0.3) is 28.6 Å². The third-order valence-corrected chi connectivity index (χ3v) is 4.59. The molecule has 6 nitrogen and oxygen atoms in total. The van der Waals surface area contributed by atoms with E-state index in [2.05, 4.69) is 9.97 Å². The Morgan fingerprint density at radius 1 is 1.13 bits per heavy atom. The molecule has 0 bridgehead atoms. The molecule has 4 rings (SSSR count). The second kappa shape index (κ2) is 7.72. The molecule has 152 valence electrons. The predicted molar refractivity (Wildman–Crippen MR) is 110 cm³/mol. The number of halogens is 3. The Kier molecular flexibility index (Phi) is 4.19. The first kappa shape index (κ1) is 16.3. The van der Waals surface area contributed by atoms with Crippen molar-refractivity contribution in [3.63, 3.8) is 0 Å². The molecule has 2 heterocycles. The van der Waals surface area contributed by atoms with E-state index in [4.69, 9.17) is 20.1 Å². The Bertz CT molecular complexity index is 1420. The van der Waals surface area contributed by atoms with Crippen LogP contribution in [0.15, 0.2) is 57.9 Å². The van der Waals surface area contributed by atoms with E-state index in [-0.39, 0.29) is 28.1 Å². The van der Waals surface area contributed by atoms with E-state index in [1.54, 1.807) is 18.2 Å². The van der Waals surface area contributed by atoms with Gasteiger partial charge in [0.05, 0.1) is 11.2 Å². The highest BCUT2D eigenvalue weighted by atomic mass is 35.5. The first-order valence-corrected chi connectivity index (χ1v) is 9.01. The summed E-state index contributed by atoms with van der Waals surface area (Å²) in [5.74, 6) is -2.69. The van der Waals surface area contributed by atoms with E-state index in [1.807, 2.05) is 18.3 Å². The van der Waals surface area contributed by atoms with Gasteiger partial charge in [-0.15, -0.1) is 0 Å². The minimum Gasteiger partial charge on any atom is -0.434 e. The number of hydrogen-bond donors (Lipinski definition) is 1. The number of oxazole rings is 1. The second-order valence-electron chi connectivity index (χ2n) is 6.39. The maximum Gasteiger partial charge on any atom is 0.355 e. The number of rotatable bonds is 4. The quantitative estimate of drug-likeness (QED) is 0.500. The fraction of sp³-hybridized carbons (Fsp3) is 0.0952. The van der Waals surface area contributed by atoms with Gasteiger partial charge in [0, 0.05) is 22.2 Å². The van der Waals surface area contributed by atoms with E-state index >= 15 is 0 Å². The lowest BCUT2D eigenvalue weighted by Crippen LogP contribution is -2.23. The van der Waals surface area contributed by atoms with Gasteiger partial charge in [0.25, 0.3) is 0 Å². The molecule has 0 amide bonds. The van der Waals surface area contributed by atoms with Crippen molar-refractivity contribution in [3.05, 3.63) is 81.4 Å². The van der Waals surface area contributed by atoms with Gasteiger partial charge in [0.15, 0.2) is 23.2 Å². The lowest BCUT2D eigenvalue weighted by molar-refractivity contribution is 0.583. The zero-order chi connectivity index (χ0) is 23.9. The van der Waals surface area contributed by atoms with Crippen molar-refractivity contribution in [1.82, 2.24) is 14.5 Å². The van der Waals surface area contributed by atoms with Crippen LogP contribution in [0.3, 0.4) is 0 Å².